The van der Waals surface area contributed by atoms with Gasteiger partial charge in [0.25, 0.3) is 10.0 Å². The fourth-order valence-electron chi connectivity index (χ4n) is 3.99. The zero-order valence-electron chi connectivity index (χ0n) is 15.9. The second kappa shape index (κ2) is 7.43. The molecule has 2 aromatic rings. The Morgan fingerprint density at radius 1 is 0.931 bits per heavy atom. The number of aryl methyl sites for hydroxylation is 2. The van der Waals surface area contributed by atoms with Crippen molar-refractivity contribution in [3.8, 4) is 0 Å². The van der Waals surface area contributed by atoms with Crippen LogP contribution < -0.4 is 15.4 Å². The molecule has 2 aliphatic rings. The Labute approximate surface area is 168 Å². The standard InChI is InChI=1S/C19H21N5O4S/c1-11(25)20-16-8-9-17(23-22-16)29(27,28)24-19(26)21-18-14-6-2-4-12(14)10-13-5-3-7-15(13)18/h8-10H,2-7H2,1H3,(H,20,22,25)(H2,21,24,26). The van der Waals surface area contributed by atoms with Crippen LogP contribution in [0.25, 0.3) is 0 Å². The van der Waals surface area contributed by atoms with Gasteiger partial charge in [-0.1, -0.05) is 6.07 Å². The third-order valence-corrected chi connectivity index (χ3v) is 6.38. The molecule has 0 spiro atoms. The SMILES string of the molecule is CC(=O)Nc1ccc(S(=O)(=O)NC(=O)Nc2c3c(cc4c2CCC4)CCC3)nn1. The minimum Gasteiger partial charge on any atom is -0.309 e. The lowest BCUT2D eigenvalue weighted by molar-refractivity contribution is -0.114. The summed E-state index contributed by atoms with van der Waals surface area (Å²) in [5.41, 5.74) is 5.45. The summed E-state index contributed by atoms with van der Waals surface area (Å²) in [4.78, 5) is 23.5. The highest BCUT2D eigenvalue weighted by Crippen LogP contribution is 2.38. The fourth-order valence-corrected chi connectivity index (χ4v) is 4.79. The van der Waals surface area contributed by atoms with Gasteiger partial charge in [-0.25, -0.2) is 9.52 Å². The first-order chi connectivity index (χ1) is 13.8. The van der Waals surface area contributed by atoms with Crippen LogP contribution in [0.1, 0.15) is 42.0 Å². The molecule has 9 nitrogen and oxygen atoms in total. The molecule has 3 N–H and O–H groups in total. The molecule has 3 amide bonds. The minimum atomic E-state index is -4.20. The number of hydrogen-bond acceptors (Lipinski definition) is 6. The number of nitrogens with zero attached hydrogens (tertiary/aromatic N) is 2. The second-order valence-electron chi connectivity index (χ2n) is 7.23. The van der Waals surface area contributed by atoms with Crippen LogP contribution in [-0.4, -0.2) is 30.6 Å². The number of carbonyl (C=O) groups is 2. The van der Waals surface area contributed by atoms with Gasteiger partial charge in [0.15, 0.2) is 10.8 Å². The second-order valence-corrected chi connectivity index (χ2v) is 8.86. The van der Waals surface area contributed by atoms with Crippen molar-refractivity contribution in [2.75, 3.05) is 10.6 Å². The lowest BCUT2D eigenvalue weighted by Crippen LogP contribution is -2.35. The summed E-state index contributed by atoms with van der Waals surface area (Å²) < 4.78 is 26.9. The molecule has 0 fully saturated rings. The predicted octanol–water partition coefficient (Wildman–Crippen LogP) is 1.92. The van der Waals surface area contributed by atoms with Crippen molar-refractivity contribution in [3.63, 3.8) is 0 Å². The Morgan fingerprint density at radius 3 is 2.14 bits per heavy atom. The first kappa shape index (κ1) is 19.3. The molecule has 0 saturated heterocycles. The third kappa shape index (κ3) is 3.93. The van der Waals surface area contributed by atoms with Crippen LogP contribution >= 0.6 is 0 Å². The molecule has 152 valence electrons. The zero-order chi connectivity index (χ0) is 20.6. The van der Waals surface area contributed by atoms with E-state index in [9.17, 15) is 18.0 Å². The Bertz CT molecular complexity index is 1060. The molecular formula is C19H21N5O4S. The molecule has 0 saturated carbocycles. The maximum atomic E-state index is 12.5. The summed E-state index contributed by atoms with van der Waals surface area (Å²) in [6, 6.07) is 3.88. The molecule has 1 aromatic carbocycles. The number of amides is 3. The van der Waals surface area contributed by atoms with Crippen LogP contribution in [0.5, 0.6) is 0 Å². The lowest BCUT2D eigenvalue weighted by Gasteiger charge is -2.16. The summed E-state index contributed by atoms with van der Waals surface area (Å²) in [6.07, 6.45) is 5.77. The third-order valence-electron chi connectivity index (χ3n) is 5.16. The average molecular weight is 415 g/mol. The van der Waals surface area contributed by atoms with Crippen LogP contribution in [0.4, 0.5) is 16.3 Å². The number of rotatable bonds is 4. The molecule has 2 aliphatic carbocycles. The molecule has 0 atom stereocenters. The summed E-state index contributed by atoms with van der Waals surface area (Å²) in [5.74, 6) is -0.230. The first-order valence-electron chi connectivity index (χ1n) is 9.45. The molecule has 29 heavy (non-hydrogen) atoms. The Kier molecular flexibility index (Phi) is 4.95. The van der Waals surface area contributed by atoms with Crippen molar-refractivity contribution >= 4 is 33.5 Å². The number of hydrogen-bond donors (Lipinski definition) is 3. The minimum absolute atomic E-state index is 0.122. The molecule has 0 bridgehead atoms. The summed E-state index contributed by atoms with van der Waals surface area (Å²) in [7, 11) is -4.20. The van der Waals surface area contributed by atoms with Crippen LogP contribution in [0.15, 0.2) is 23.2 Å². The molecule has 0 aliphatic heterocycles. The van der Waals surface area contributed by atoms with E-state index in [0.29, 0.717) is 0 Å². The van der Waals surface area contributed by atoms with E-state index < -0.39 is 21.1 Å². The van der Waals surface area contributed by atoms with E-state index in [1.165, 1.54) is 30.2 Å². The Morgan fingerprint density at radius 2 is 1.59 bits per heavy atom. The van der Waals surface area contributed by atoms with Crippen LogP contribution in [-0.2, 0) is 40.5 Å². The van der Waals surface area contributed by atoms with Crippen LogP contribution in [0.2, 0.25) is 0 Å². The van der Waals surface area contributed by atoms with Crippen molar-refractivity contribution in [1.29, 1.82) is 0 Å². The van der Waals surface area contributed by atoms with Crippen molar-refractivity contribution in [2.24, 2.45) is 0 Å². The van der Waals surface area contributed by atoms with Crippen molar-refractivity contribution in [3.05, 3.63) is 40.5 Å². The van der Waals surface area contributed by atoms with Gasteiger partial charge in [-0.05, 0) is 72.9 Å². The predicted molar refractivity (Wildman–Crippen MR) is 106 cm³/mol. The summed E-state index contributed by atoms with van der Waals surface area (Å²) >= 11 is 0. The van der Waals surface area contributed by atoms with Crippen molar-refractivity contribution < 1.29 is 18.0 Å². The highest BCUT2D eigenvalue weighted by atomic mass is 32.2. The number of fused-ring (bicyclic) bond motifs is 2. The molecule has 0 radical (unpaired) electrons. The number of carbonyl (C=O) groups excluding carboxylic acids is 2. The molecule has 1 aromatic heterocycles. The molecule has 1 heterocycles. The number of urea groups is 1. The number of anilines is 2. The molecule has 0 unspecified atom stereocenters. The highest BCUT2D eigenvalue weighted by Gasteiger charge is 2.26. The largest absolute Gasteiger partial charge is 0.333 e. The van der Waals surface area contributed by atoms with Crippen molar-refractivity contribution in [2.45, 2.75) is 50.5 Å². The average Bonchev–Trinajstić information content (AvgIpc) is 3.30. The van der Waals surface area contributed by atoms with E-state index in [1.54, 1.807) is 0 Å². The van der Waals surface area contributed by atoms with E-state index in [4.69, 9.17) is 0 Å². The molecule has 4 rings (SSSR count). The Balaban J connectivity index is 1.52. The lowest BCUT2D eigenvalue weighted by atomic mass is 9.99. The number of aromatic nitrogens is 2. The number of benzene rings is 1. The topological polar surface area (TPSA) is 130 Å². The van der Waals surface area contributed by atoms with E-state index in [1.807, 2.05) is 4.72 Å². The van der Waals surface area contributed by atoms with E-state index in [2.05, 4.69) is 26.9 Å². The maximum Gasteiger partial charge on any atom is 0.333 e. The van der Waals surface area contributed by atoms with E-state index in [0.717, 1.165) is 55.3 Å². The summed E-state index contributed by atoms with van der Waals surface area (Å²) in [5, 5.41) is 12.0. The monoisotopic (exact) mass is 415 g/mol. The van der Waals surface area contributed by atoms with Gasteiger partial charge < -0.3 is 10.6 Å². The zero-order valence-corrected chi connectivity index (χ0v) is 16.7. The quantitative estimate of drug-likeness (QED) is 0.699. The van der Waals surface area contributed by atoms with Crippen LogP contribution in [0.3, 0.4) is 0 Å². The van der Waals surface area contributed by atoms with Gasteiger partial charge >= 0.3 is 6.03 Å². The van der Waals surface area contributed by atoms with Gasteiger partial charge in [0.2, 0.25) is 5.91 Å². The van der Waals surface area contributed by atoms with E-state index in [-0.39, 0.29) is 11.7 Å². The fraction of sp³-hybridized carbons (Fsp3) is 0.368. The van der Waals surface area contributed by atoms with E-state index >= 15 is 0 Å². The van der Waals surface area contributed by atoms with Gasteiger partial charge in [-0.3, -0.25) is 4.79 Å². The van der Waals surface area contributed by atoms with Gasteiger partial charge in [0, 0.05) is 12.6 Å². The first-order valence-corrected chi connectivity index (χ1v) is 10.9. The van der Waals surface area contributed by atoms with Gasteiger partial charge in [-0.2, -0.15) is 8.42 Å². The summed E-state index contributed by atoms with van der Waals surface area (Å²) in [6.45, 7) is 1.30. The smallest absolute Gasteiger partial charge is 0.309 e. The molecular weight excluding hydrogens is 394 g/mol. The Hall–Kier alpha value is -3.01. The number of sulfonamides is 1. The number of nitrogens with one attached hydrogen (secondary N) is 3. The van der Waals surface area contributed by atoms with Gasteiger partial charge in [0.05, 0.1) is 0 Å². The normalized spacial score (nSPS) is 14.8. The van der Waals surface area contributed by atoms with Gasteiger partial charge in [-0.15, -0.1) is 10.2 Å². The molecule has 10 heteroatoms. The maximum absolute atomic E-state index is 12.5. The van der Waals surface area contributed by atoms with Gasteiger partial charge in [0.1, 0.15) is 0 Å². The van der Waals surface area contributed by atoms with Crippen molar-refractivity contribution in [1.82, 2.24) is 14.9 Å². The van der Waals surface area contributed by atoms with Crippen LogP contribution in [0, 0.1) is 0 Å². The highest BCUT2D eigenvalue weighted by molar-refractivity contribution is 7.90.